The van der Waals surface area contributed by atoms with Crippen LogP contribution in [0.4, 0.5) is 5.82 Å². The van der Waals surface area contributed by atoms with Gasteiger partial charge in [0.1, 0.15) is 5.75 Å². The molecule has 0 atom stereocenters. The topological polar surface area (TPSA) is 67.3 Å². The van der Waals surface area contributed by atoms with Crippen LogP contribution in [0.15, 0.2) is 36.4 Å². The quantitative estimate of drug-likeness (QED) is 0.841. The van der Waals surface area contributed by atoms with E-state index in [1.807, 2.05) is 37.3 Å². The fourth-order valence-electron chi connectivity index (χ4n) is 3.12. The van der Waals surface area contributed by atoms with E-state index in [0.29, 0.717) is 18.3 Å². The first-order valence-electron chi connectivity index (χ1n) is 8.90. The number of anilines is 1. The van der Waals surface area contributed by atoms with Crippen LogP contribution >= 0.6 is 11.6 Å². The molecule has 2 aromatic rings. The molecule has 0 spiro atoms. The van der Waals surface area contributed by atoms with E-state index < -0.39 is 0 Å². The zero-order valence-electron chi connectivity index (χ0n) is 14.8. The normalized spacial score (nSPS) is 14.9. The minimum Gasteiger partial charge on any atom is -0.494 e. The van der Waals surface area contributed by atoms with Gasteiger partial charge in [0, 0.05) is 31.1 Å². The van der Waals surface area contributed by atoms with Gasteiger partial charge in [-0.1, -0.05) is 29.8 Å². The molecule has 6 nitrogen and oxygen atoms in total. The molecule has 0 unspecified atom stereocenters. The Kier molecular flexibility index (Phi) is 6.28. The number of para-hydroxylation sites is 1. The SMILES string of the molecule is CCOc1ccccc1CNC(=O)C1CCN(c2ccc(Cl)nn2)CC1. The Labute approximate surface area is 158 Å². The van der Waals surface area contributed by atoms with Crippen molar-refractivity contribution in [2.75, 3.05) is 24.6 Å². The maximum Gasteiger partial charge on any atom is 0.223 e. The molecule has 0 saturated carbocycles. The lowest BCUT2D eigenvalue weighted by molar-refractivity contribution is -0.125. The second kappa shape index (κ2) is 8.85. The highest BCUT2D eigenvalue weighted by atomic mass is 35.5. The summed E-state index contributed by atoms with van der Waals surface area (Å²) in [7, 11) is 0. The number of hydrogen-bond acceptors (Lipinski definition) is 5. The van der Waals surface area contributed by atoms with Gasteiger partial charge in [0.15, 0.2) is 11.0 Å². The van der Waals surface area contributed by atoms with E-state index in [4.69, 9.17) is 16.3 Å². The first-order valence-corrected chi connectivity index (χ1v) is 9.27. The van der Waals surface area contributed by atoms with Crippen molar-refractivity contribution in [3.05, 3.63) is 47.1 Å². The Morgan fingerprint density at radius 3 is 2.69 bits per heavy atom. The number of carbonyl (C=O) groups is 1. The van der Waals surface area contributed by atoms with Crippen molar-refractivity contribution in [2.24, 2.45) is 5.92 Å². The summed E-state index contributed by atoms with van der Waals surface area (Å²) in [6.07, 6.45) is 1.59. The summed E-state index contributed by atoms with van der Waals surface area (Å²) in [6.45, 7) is 4.61. The van der Waals surface area contributed by atoms with Crippen molar-refractivity contribution in [2.45, 2.75) is 26.3 Å². The predicted molar refractivity (Wildman–Crippen MR) is 101 cm³/mol. The molecule has 1 fully saturated rings. The molecule has 0 aliphatic carbocycles. The van der Waals surface area contributed by atoms with Gasteiger partial charge < -0.3 is 15.0 Å². The lowest BCUT2D eigenvalue weighted by Gasteiger charge is -2.31. The lowest BCUT2D eigenvalue weighted by Crippen LogP contribution is -2.40. The Hall–Kier alpha value is -2.34. The van der Waals surface area contributed by atoms with Gasteiger partial charge in [-0.25, -0.2) is 0 Å². The van der Waals surface area contributed by atoms with Crippen LogP contribution in [-0.2, 0) is 11.3 Å². The Morgan fingerprint density at radius 2 is 2.00 bits per heavy atom. The molecule has 1 N–H and O–H groups in total. The van der Waals surface area contributed by atoms with E-state index in [1.165, 1.54) is 0 Å². The summed E-state index contributed by atoms with van der Waals surface area (Å²) in [5.74, 6) is 1.74. The highest BCUT2D eigenvalue weighted by Gasteiger charge is 2.25. The predicted octanol–water partition coefficient (Wildman–Crippen LogP) is 3.06. The van der Waals surface area contributed by atoms with Crippen molar-refractivity contribution < 1.29 is 9.53 Å². The molecule has 3 rings (SSSR count). The molecule has 1 saturated heterocycles. The second-order valence-electron chi connectivity index (χ2n) is 6.23. The van der Waals surface area contributed by atoms with Gasteiger partial charge in [0.05, 0.1) is 6.61 Å². The minimum absolute atomic E-state index is 0.0192. The Balaban J connectivity index is 1.50. The molecule has 26 heavy (non-hydrogen) atoms. The van der Waals surface area contributed by atoms with Gasteiger partial charge in [0.25, 0.3) is 0 Å². The van der Waals surface area contributed by atoms with Crippen molar-refractivity contribution in [1.29, 1.82) is 0 Å². The fourth-order valence-corrected chi connectivity index (χ4v) is 3.22. The average Bonchev–Trinajstić information content (AvgIpc) is 2.68. The number of benzene rings is 1. The van der Waals surface area contributed by atoms with Gasteiger partial charge in [-0.05, 0) is 38.0 Å². The molecule has 138 valence electrons. The monoisotopic (exact) mass is 374 g/mol. The number of rotatable bonds is 6. The van der Waals surface area contributed by atoms with Crippen LogP contribution in [0.1, 0.15) is 25.3 Å². The molecule has 1 aromatic carbocycles. The van der Waals surface area contributed by atoms with Crippen LogP contribution in [0.25, 0.3) is 0 Å². The Bertz CT molecular complexity index is 731. The third-order valence-corrected chi connectivity index (χ3v) is 4.73. The van der Waals surface area contributed by atoms with E-state index in [1.54, 1.807) is 6.07 Å². The van der Waals surface area contributed by atoms with Crippen LogP contribution in [0.5, 0.6) is 5.75 Å². The number of amides is 1. The number of nitrogens with zero attached hydrogens (tertiary/aromatic N) is 3. The number of nitrogens with one attached hydrogen (secondary N) is 1. The van der Waals surface area contributed by atoms with E-state index in [-0.39, 0.29) is 11.8 Å². The first-order chi connectivity index (χ1) is 12.7. The van der Waals surface area contributed by atoms with Gasteiger partial charge in [0.2, 0.25) is 5.91 Å². The summed E-state index contributed by atoms with van der Waals surface area (Å²) < 4.78 is 5.61. The maximum atomic E-state index is 12.5. The molecular weight excluding hydrogens is 352 g/mol. The summed E-state index contributed by atoms with van der Waals surface area (Å²) >= 11 is 5.78. The third-order valence-electron chi connectivity index (χ3n) is 4.53. The van der Waals surface area contributed by atoms with Crippen LogP contribution in [-0.4, -0.2) is 35.8 Å². The molecule has 0 bridgehead atoms. The highest BCUT2D eigenvalue weighted by molar-refractivity contribution is 6.29. The number of ether oxygens (including phenoxy) is 1. The number of carbonyl (C=O) groups excluding carboxylic acids is 1. The molecule has 1 amide bonds. The summed E-state index contributed by atoms with van der Waals surface area (Å²) in [5.41, 5.74) is 0.997. The fraction of sp³-hybridized carbons (Fsp3) is 0.421. The largest absolute Gasteiger partial charge is 0.494 e. The van der Waals surface area contributed by atoms with Crippen molar-refractivity contribution in [3.63, 3.8) is 0 Å². The van der Waals surface area contributed by atoms with E-state index in [9.17, 15) is 4.79 Å². The molecular formula is C19H23ClN4O2. The molecule has 1 aromatic heterocycles. The van der Waals surface area contributed by atoms with Gasteiger partial charge in [-0.3, -0.25) is 4.79 Å². The maximum absolute atomic E-state index is 12.5. The summed E-state index contributed by atoms with van der Waals surface area (Å²) in [4.78, 5) is 14.6. The molecule has 2 heterocycles. The number of piperidine rings is 1. The zero-order valence-corrected chi connectivity index (χ0v) is 15.6. The molecule has 0 radical (unpaired) electrons. The van der Waals surface area contributed by atoms with E-state index >= 15 is 0 Å². The third kappa shape index (κ3) is 4.64. The zero-order chi connectivity index (χ0) is 18.4. The first kappa shape index (κ1) is 18.5. The number of hydrogen-bond donors (Lipinski definition) is 1. The summed E-state index contributed by atoms with van der Waals surface area (Å²) in [5, 5.41) is 11.4. The van der Waals surface area contributed by atoms with Crippen molar-refractivity contribution in [3.8, 4) is 5.75 Å². The van der Waals surface area contributed by atoms with Gasteiger partial charge in [-0.15, -0.1) is 10.2 Å². The van der Waals surface area contributed by atoms with Crippen LogP contribution in [0, 0.1) is 5.92 Å². The average molecular weight is 375 g/mol. The molecule has 1 aliphatic heterocycles. The molecule has 7 heteroatoms. The van der Waals surface area contributed by atoms with Crippen LogP contribution < -0.4 is 15.0 Å². The number of aromatic nitrogens is 2. The smallest absolute Gasteiger partial charge is 0.223 e. The minimum atomic E-state index is 0.0192. The lowest BCUT2D eigenvalue weighted by atomic mass is 9.96. The molecule has 1 aliphatic rings. The number of halogens is 1. The van der Waals surface area contributed by atoms with Gasteiger partial charge in [-0.2, -0.15) is 0 Å². The van der Waals surface area contributed by atoms with E-state index in [2.05, 4.69) is 20.4 Å². The standard InChI is InChI=1S/C19H23ClN4O2/c1-2-26-16-6-4-3-5-15(16)13-21-19(25)14-9-11-24(12-10-14)18-8-7-17(20)22-23-18/h3-8,14H,2,9-13H2,1H3,(H,21,25). The van der Waals surface area contributed by atoms with Crippen LogP contribution in [0.3, 0.4) is 0 Å². The summed E-state index contributed by atoms with van der Waals surface area (Å²) in [6, 6.07) is 11.4. The second-order valence-corrected chi connectivity index (χ2v) is 6.62. The van der Waals surface area contributed by atoms with Gasteiger partial charge >= 0.3 is 0 Å². The Morgan fingerprint density at radius 1 is 1.23 bits per heavy atom. The van der Waals surface area contributed by atoms with Crippen molar-refractivity contribution >= 4 is 23.3 Å². The highest BCUT2D eigenvalue weighted by Crippen LogP contribution is 2.23. The van der Waals surface area contributed by atoms with Crippen LogP contribution in [0.2, 0.25) is 5.15 Å². The van der Waals surface area contributed by atoms with Crippen molar-refractivity contribution in [1.82, 2.24) is 15.5 Å². The van der Waals surface area contributed by atoms with E-state index in [0.717, 1.165) is 43.1 Å².